The van der Waals surface area contributed by atoms with Gasteiger partial charge >= 0.3 is 0 Å². The van der Waals surface area contributed by atoms with E-state index in [-0.39, 0.29) is 30.2 Å². The smallest absolute Gasteiger partial charge is 0.272 e. The number of carbonyl (C=O) groups is 2. The van der Waals surface area contributed by atoms with E-state index in [0.717, 1.165) is 5.56 Å². The third kappa shape index (κ3) is 5.71. The maximum absolute atomic E-state index is 12.9. The van der Waals surface area contributed by atoms with E-state index >= 15 is 0 Å². The van der Waals surface area contributed by atoms with E-state index in [4.69, 9.17) is 9.15 Å². The number of nitrogens with one attached hydrogen (secondary N) is 2. The summed E-state index contributed by atoms with van der Waals surface area (Å²) in [6, 6.07) is 16.0. The quantitative estimate of drug-likeness (QED) is 0.278. The molecule has 0 aliphatic heterocycles. The number of ether oxygens (including phenoxy) is 1. The molecule has 11 heteroatoms. The first-order valence-corrected chi connectivity index (χ1v) is 10.5. The lowest BCUT2D eigenvalue weighted by Crippen LogP contribution is -2.26. The minimum absolute atomic E-state index is 0.0274. The van der Waals surface area contributed by atoms with Crippen LogP contribution in [0.3, 0.4) is 0 Å². The first-order valence-electron chi connectivity index (χ1n) is 10.5. The minimum Gasteiger partial charge on any atom is -0.489 e. The third-order valence-electron chi connectivity index (χ3n) is 5.05. The summed E-state index contributed by atoms with van der Waals surface area (Å²) in [4.78, 5) is 35.8. The van der Waals surface area contributed by atoms with Crippen LogP contribution >= 0.6 is 0 Å². The second-order valence-corrected chi connectivity index (χ2v) is 7.49. The van der Waals surface area contributed by atoms with Crippen LogP contribution in [0.5, 0.6) is 5.75 Å². The first-order chi connectivity index (χ1) is 16.9. The van der Waals surface area contributed by atoms with Gasteiger partial charge in [0.25, 0.3) is 17.5 Å². The summed E-state index contributed by atoms with van der Waals surface area (Å²) in [6.07, 6.45) is 2.92. The number of nitro groups is 1. The third-order valence-corrected chi connectivity index (χ3v) is 5.05. The highest BCUT2D eigenvalue weighted by atomic mass is 16.6. The maximum Gasteiger partial charge on any atom is 0.272 e. The van der Waals surface area contributed by atoms with Crippen LogP contribution in [0, 0.1) is 10.1 Å². The number of nitro benzene ring substituents is 1. The van der Waals surface area contributed by atoms with Crippen molar-refractivity contribution < 1.29 is 23.7 Å². The van der Waals surface area contributed by atoms with Crippen LogP contribution in [0.2, 0.25) is 0 Å². The Morgan fingerprint density at radius 1 is 1.11 bits per heavy atom. The molecule has 0 bridgehead atoms. The van der Waals surface area contributed by atoms with Gasteiger partial charge < -0.3 is 19.8 Å². The highest BCUT2D eigenvalue weighted by molar-refractivity contribution is 6.08. The molecule has 4 rings (SSSR count). The van der Waals surface area contributed by atoms with Crippen molar-refractivity contribution in [3.05, 3.63) is 106 Å². The molecule has 2 aromatic carbocycles. The van der Waals surface area contributed by atoms with E-state index in [1.165, 1.54) is 41.4 Å². The number of aromatic nitrogens is 2. The zero-order valence-corrected chi connectivity index (χ0v) is 18.6. The lowest BCUT2D eigenvalue weighted by atomic mass is 10.1. The predicted molar refractivity (Wildman–Crippen MR) is 125 cm³/mol. The number of anilines is 1. The molecule has 2 aromatic heterocycles. The van der Waals surface area contributed by atoms with Gasteiger partial charge in [0, 0.05) is 24.7 Å². The van der Waals surface area contributed by atoms with E-state index < -0.39 is 16.7 Å². The van der Waals surface area contributed by atoms with Gasteiger partial charge in [0.1, 0.15) is 23.8 Å². The molecule has 0 saturated heterocycles. The second kappa shape index (κ2) is 10.3. The first kappa shape index (κ1) is 23.2. The Morgan fingerprint density at radius 3 is 2.63 bits per heavy atom. The highest BCUT2D eigenvalue weighted by Gasteiger charge is 2.19. The Bertz CT molecular complexity index is 1350. The molecule has 2 heterocycles. The van der Waals surface area contributed by atoms with Crippen LogP contribution < -0.4 is 15.4 Å². The predicted octanol–water partition coefficient (Wildman–Crippen LogP) is 3.68. The van der Waals surface area contributed by atoms with Gasteiger partial charge in [0.15, 0.2) is 0 Å². The standard InChI is InChI=1S/C24H21N5O6/c1-28-22(24(31)25-13-20-6-3-11-34-20)21(14-26-28)27-23(30)17-5-2-4-16(12-17)15-35-19-9-7-18(8-10-19)29(32)33/h2-12,14H,13,15H2,1H3,(H,25,31)(H,27,30). The molecule has 0 aliphatic carbocycles. The lowest BCUT2D eigenvalue weighted by Gasteiger charge is -2.10. The van der Waals surface area contributed by atoms with Crippen molar-refractivity contribution in [3.8, 4) is 5.75 Å². The number of nitrogens with zero attached hydrogens (tertiary/aromatic N) is 3. The zero-order chi connectivity index (χ0) is 24.8. The maximum atomic E-state index is 12.9. The zero-order valence-electron chi connectivity index (χ0n) is 18.6. The number of rotatable bonds is 9. The Hall–Kier alpha value is -4.93. The van der Waals surface area contributed by atoms with E-state index in [9.17, 15) is 19.7 Å². The molecule has 2 amide bonds. The number of hydrogen-bond donors (Lipinski definition) is 2. The topological polar surface area (TPSA) is 142 Å². The second-order valence-electron chi connectivity index (χ2n) is 7.49. The molecule has 0 radical (unpaired) electrons. The van der Waals surface area contributed by atoms with Crippen LogP contribution in [0.4, 0.5) is 11.4 Å². The highest BCUT2D eigenvalue weighted by Crippen LogP contribution is 2.20. The van der Waals surface area contributed by atoms with Gasteiger partial charge in [-0.25, -0.2) is 0 Å². The monoisotopic (exact) mass is 475 g/mol. The molecule has 35 heavy (non-hydrogen) atoms. The SMILES string of the molecule is Cn1ncc(NC(=O)c2cccc(COc3ccc([N+](=O)[O-])cc3)c2)c1C(=O)NCc1ccco1. The van der Waals surface area contributed by atoms with Gasteiger partial charge in [0.05, 0.1) is 29.6 Å². The van der Waals surface area contributed by atoms with E-state index in [2.05, 4.69) is 15.7 Å². The molecule has 0 saturated carbocycles. The van der Waals surface area contributed by atoms with Crippen LogP contribution in [0.15, 0.2) is 77.5 Å². The fourth-order valence-corrected chi connectivity index (χ4v) is 3.29. The number of furan rings is 1. The lowest BCUT2D eigenvalue weighted by molar-refractivity contribution is -0.384. The normalized spacial score (nSPS) is 10.5. The average Bonchev–Trinajstić information content (AvgIpc) is 3.51. The van der Waals surface area contributed by atoms with Crippen LogP contribution in [0.25, 0.3) is 0 Å². The number of amides is 2. The largest absolute Gasteiger partial charge is 0.489 e. The average molecular weight is 475 g/mol. The molecular formula is C24H21N5O6. The van der Waals surface area contributed by atoms with Crippen molar-refractivity contribution in [2.45, 2.75) is 13.2 Å². The molecule has 4 aromatic rings. The number of hydrogen-bond acceptors (Lipinski definition) is 7. The Balaban J connectivity index is 1.40. The van der Waals surface area contributed by atoms with Gasteiger partial charge in [-0.15, -0.1) is 0 Å². The summed E-state index contributed by atoms with van der Waals surface area (Å²) >= 11 is 0. The number of aryl methyl sites for hydroxylation is 1. The molecular weight excluding hydrogens is 454 g/mol. The van der Waals surface area contributed by atoms with Crippen molar-refractivity contribution in [2.24, 2.45) is 7.05 Å². The van der Waals surface area contributed by atoms with Gasteiger partial charge in [0.2, 0.25) is 0 Å². The summed E-state index contributed by atoms with van der Waals surface area (Å²) in [5.41, 5.74) is 1.52. The Kier molecular flexibility index (Phi) is 6.86. The van der Waals surface area contributed by atoms with E-state index in [1.54, 1.807) is 43.4 Å². The van der Waals surface area contributed by atoms with Crippen LogP contribution in [-0.4, -0.2) is 26.5 Å². The van der Waals surface area contributed by atoms with Crippen molar-refractivity contribution in [3.63, 3.8) is 0 Å². The van der Waals surface area contributed by atoms with Gasteiger partial charge in [-0.3, -0.25) is 24.4 Å². The van der Waals surface area contributed by atoms with Gasteiger partial charge in [-0.1, -0.05) is 12.1 Å². The van der Waals surface area contributed by atoms with Gasteiger partial charge in [-0.2, -0.15) is 5.10 Å². The molecule has 0 atom stereocenters. The molecule has 0 spiro atoms. The Morgan fingerprint density at radius 2 is 1.91 bits per heavy atom. The van der Waals surface area contributed by atoms with Crippen molar-refractivity contribution in [1.82, 2.24) is 15.1 Å². The fourth-order valence-electron chi connectivity index (χ4n) is 3.29. The fraction of sp³-hybridized carbons (Fsp3) is 0.125. The molecule has 0 fully saturated rings. The molecule has 0 unspecified atom stereocenters. The number of non-ortho nitro benzene ring substituents is 1. The molecule has 0 aliphatic rings. The van der Waals surface area contributed by atoms with Crippen LogP contribution in [0.1, 0.15) is 32.2 Å². The van der Waals surface area contributed by atoms with Crippen LogP contribution in [-0.2, 0) is 20.2 Å². The summed E-state index contributed by atoms with van der Waals surface area (Å²) < 4.78 is 12.3. The number of carbonyl (C=O) groups excluding carboxylic acids is 2. The van der Waals surface area contributed by atoms with E-state index in [1.807, 2.05) is 0 Å². The number of benzene rings is 2. The summed E-state index contributed by atoms with van der Waals surface area (Å²) in [7, 11) is 1.60. The summed E-state index contributed by atoms with van der Waals surface area (Å²) in [5, 5.41) is 20.3. The molecule has 178 valence electrons. The van der Waals surface area contributed by atoms with Crippen molar-refractivity contribution in [2.75, 3.05) is 5.32 Å². The van der Waals surface area contributed by atoms with Crippen molar-refractivity contribution >= 4 is 23.2 Å². The summed E-state index contributed by atoms with van der Waals surface area (Å²) in [5.74, 6) is 0.224. The Labute approximate surface area is 199 Å². The van der Waals surface area contributed by atoms with E-state index in [0.29, 0.717) is 17.1 Å². The van der Waals surface area contributed by atoms with Crippen molar-refractivity contribution in [1.29, 1.82) is 0 Å². The molecule has 11 nitrogen and oxygen atoms in total. The summed E-state index contributed by atoms with van der Waals surface area (Å²) in [6.45, 7) is 0.355. The molecule has 2 N–H and O–H groups in total. The van der Waals surface area contributed by atoms with Gasteiger partial charge in [-0.05, 0) is 42.0 Å². The minimum atomic E-state index is -0.484.